The Morgan fingerprint density at radius 2 is 1.70 bits per heavy atom. The predicted octanol–water partition coefficient (Wildman–Crippen LogP) is 3.50. The number of nitrogens with two attached hydrogens (primary N) is 1. The monoisotopic (exact) mass is 271 g/mol. The summed E-state index contributed by atoms with van der Waals surface area (Å²) < 4.78 is 0. The molecule has 2 heteroatoms. The number of hydrogen-bond donors (Lipinski definition) is 2. The molecular formula is C18H25NO. The van der Waals surface area contributed by atoms with Gasteiger partial charge in [0.15, 0.2) is 0 Å². The highest BCUT2D eigenvalue weighted by Crippen LogP contribution is 2.14. The van der Waals surface area contributed by atoms with E-state index in [1.807, 2.05) is 6.92 Å². The number of fused-ring (bicyclic) bond motifs is 1. The number of rotatable bonds is 1. The highest BCUT2D eigenvalue weighted by atomic mass is 16.3. The Kier molecular flexibility index (Phi) is 8.31. The van der Waals surface area contributed by atoms with Gasteiger partial charge >= 0.3 is 0 Å². The van der Waals surface area contributed by atoms with Gasteiger partial charge in [0.2, 0.25) is 0 Å². The van der Waals surface area contributed by atoms with Crippen molar-refractivity contribution in [3.8, 4) is 12.3 Å². The standard InChI is InChI=1S/C11H10.C6H10O.CH5N/c1-9-6-7-10-4-2-3-5-11(10)8-9;1-4-6(3,7)5-2;1-2/h2-8H,1H3;1,7H,5H2,2-3H3;2H2,1H3. The predicted molar refractivity (Wildman–Crippen MR) is 88.5 cm³/mol. The van der Waals surface area contributed by atoms with Crippen LogP contribution in [0.4, 0.5) is 0 Å². The Balaban J connectivity index is 0.000000352. The zero-order valence-electron chi connectivity index (χ0n) is 12.9. The van der Waals surface area contributed by atoms with Gasteiger partial charge in [0, 0.05) is 0 Å². The normalized spacial score (nSPS) is 12.1. The van der Waals surface area contributed by atoms with Gasteiger partial charge in [-0.05, 0) is 38.1 Å². The summed E-state index contributed by atoms with van der Waals surface area (Å²) in [5.41, 5.74) is 4.93. The molecule has 2 aromatic carbocycles. The van der Waals surface area contributed by atoms with Gasteiger partial charge in [-0.25, -0.2) is 0 Å². The van der Waals surface area contributed by atoms with Crippen LogP contribution in [-0.4, -0.2) is 17.8 Å². The van der Waals surface area contributed by atoms with Crippen molar-refractivity contribution >= 4 is 10.8 Å². The van der Waals surface area contributed by atoms with E-state index in [0.29, 0.717) is 6.42 Å². The fourth-order valence-electron chi connectivity index (χ4n) is 1.41. The van der Waals surface area contributed by atoms with Crippen molar-refractivity contribution in [3.05, 3.63) is 48.0 Å². The minimum Gasteiger partial charge on any atom is -0.378 e. The molecule has 0 spiro atoms. The SMILES string of the molecule is C#CC(C)(O)CC.CN.Cc1ccc2ccccc2c1. The summed E-state index contributed by atoms with van der Waals surface area (Å²) in [7, 11) is 1.50. The van der Waals surface area contributed by atoms with Crippen molar-refractivity contribution in [2.75, 3.05) is 7.05 Å². The van der Waals surface area contributed by atoms with E-state index in [4.69, 9.17) is 11.5 Å². The molecule has 2 rings (SSSR count). The van der Waals surface area contributed by atoms with Crippen LogP contribution in [0.25, 0.3) is 10.8 Å². The summed E-state index contributed by atoms with van der Waals surface area (Å²) in [6.45, 7) is 5.58. The molecule has 2 aromatic rings. The van der Waals surface area contributed by atoms with Gasteiger partial charge in [-0.3, -0.25) is 0 Å². The number of aryl methyl sites for hydroxylation is 1. The van der Waals surface area contributed by atoms with Crippen LogP contribution in [0.2, 0.25) is 0 Å². The Labute approximate surface area is 122 Å². The van der Waals surface area contributed by atoms with Crippen LogP contribution >= 0.6 is 0 Å². The second kappa shape index (κ2) is 9.14. The molecule has 0 radical (unpaired) electrons. The van der Waals surface area contributed by atoms with Gasteiger partial charge in [-0.15, -0.1) is 6.42 Å². The van der Waals surface area contributed by atoms with E-state index < -0.39 is 5.60 Å². The van der Waals surface area contributed by atoms with Crippen LogP contribution in [0.3, 0.4) is 0 Å². The lowest BCUT2D eigenvalue weighted by atomic mass is 10.1. The molecule has 1 atom stereocenters. The minimum absolute atomic E-state index is 0.615. The van der Waals surface area contributed by atoms with E-state index in [1.54, 1.807) is 6.92 Å². The van der Waals surface area contributed by atoms with Crippen LogP contribution in [0.5, 0.6) is 0 Å². The average Bonchev–Trinajstić information content (AvgIpc) is 2.50. The molecular weight excluding hydrogens is 246 g/mol. The average molecular weight is 271 g/mol. The molecule has 1 unspecified atom stereocenters. The lowest BCUT2D eigenvalue weighted by Crippen LogP contribution is -2.18. The summed E-state index contributed by atoms with van der Waals surface area (Å²) in [4.78, 5) is 0. The fourth-order valence-corrected chi connectivity index (χ4v) is 1.41. The molecule has 0 amide bonds. The van der Waals surface area contributed by atoms with Gasteiger partial charge in [-0.1, -0.05) is 60.9 Å². The van der Waals surface area contributed by atoms with Gasteiger partial charge in [0.25, 0.3) is 0 Å². The Hall–Kier alpha value is -1.82. The van der Waals surface area contributed by atoms with Crippen molar-refractivity contribution in [3.63, 3.8) is 0 Å². The third-order valence-electron chi connectivity index (χ3n) is 2.90. The second-order valence-electron chi connectivity index (χ2n) is 4.62. The molecule has 0 bridgehead atoms. The first-order chi connectivity index (χ1) is 9.48. The molecule has 108 valence electrons. The highest BCUT2D eigenvalue weighted by Gasteiger charge is 2.10. The zero-order chi connectivity index (χ0) is 15.6. The summed E-state index contributed by atoms with van der Waals surface area (Å²) in [5.74, 6) is 2.25. The van der Waals surface area contributed by atoms with Gasteiger partial charge in [0.1, 0.15) is 5.60 Å². The third kappa shape index (κ3) is 6.38. The molecule has 0 fully saturated rings. The third-order valence-corrected chi connectivity index (χ3v) is 2.90. The first kappa shape index (κ1) is 18.2. The number of hydrogen-bond acceptors (Lipinski definition) is 2. The Bertz CT molecular complexity index is 553. The molecule has 2 nitrogen and oxygen atoms in total. The van der Waals surface area contributed by atoms with Crippen LogP contribution in [0, 0.1) is 19.3 Å². The van der Waals surface area contributed by atoms with Crippen LogP contribution in [0.15, 0.2) is 42.5 Å². The maximum absolute atomic E-state index is 8.90. The van der Waals surface area contributed by atoms with Crippen molar-refractivity contribution < 1.29 is 5.11 Å². The molecule has 20 heavy (non-hydrogen) atoms. The Morgan fingerprint density at radius 1 is 1.15 bits per heavy atom. The summed E-state index contributed by atoms with van der Waals surface area (Å²) in [5, 5.41) is 11.5. The summed E-state index contributed by atoms with van der Waals surface area (Å²) >= 11 is 0. The maximum atomic E-state index is 8.90. The van der Waals surface area contributed by atoms with E-state index in [0.717, 1.165) is 0 Å². The largest absolute Gasteiger partial charge is 0.378 e. The fraction of sp³-hybridized carbons (Fsp3) is 0.333. The van der Waals surface area contributed by atoms with Crippen LogP contribution in [0.1, 0.15) is 25.8 Å². The molecule has 0 aliphatic rings. The zero-order valence-corrected chi connectivity index (χ0v) is 12.9. The molecule has 0 aliphatic heterocycles. The molecule has 0 saturated carbocycles. The van der Waals surface area contributed by atoms with Gasteiger partial charge in [-0.2, -0.15) is 0 Å². The van der Waals surface area contributed by atoms with E-state index in [9.17, 15) is 0 Å². The topological polar surface area (TPSA) is 46.2 Å². The first-order valence-electron chi connectivity index (χ1n) is 6.72. The summed E-state index contributed by atoms with van der Waals surface area (Å²) in [6, 6.07) is 14.9. The smallest absolute Gasteiger partial charge is 0.122 e. The van der Waals surface area contributed by atoms with Gasteiger partial charge in [0.05, 0.1) is 0 Å². The lowest BCUT2D eigenvalue weighted by Gasteiger charge is -2.10. The van der Waals surface area contributed by atoms with Crippen molar-refractivity contribution in [2.24, 2.45) is 5.73 Å². The quantitative estimate of drug-likeness (QED) is 0.780. The van der Waals surface area contributed by atoms with Crippen LogP contribution < -0.4 is 5.73 Å². The molecule has 0 aromatic heterocycles. The molecule has 0 saturated heterocycles. The van der Waals surface area contributed by atoms with Crippen molar-refractivity contribution in [1.29, 1.82) is 0 Å². The Morgan fingerprint density at radius 3 is 2.15 bits per heavy atom. The molecule has 0 aliphatic carbocycles. The van der Waals surface area contributed by atoms with E-state index >= 15 is 0 Å². The minimum atomic E-state index is -0.889. The molecule has 3 N–H and O–H groups in total. The lowest BCUT2D eigenvalue weighted by molar-refractivity contribution is 0.118. The number of benzene rings is 2. The van der Waals surface area contributed by atoms with E-state index in [-0.39, 0.29) is 0 Å². The second-order valence-corrected chi connectivity index (χ2v) is 4.62. The number of aliphatic hydroxyl groups is 1. The van der Waals surface area contributed by atoms with E-state index in [2.05, 4.69) is 61.0 Å². The molecule has 0 heterocycles. The highest BCUT2D eigenvalue weighted by molar-refractivity contribution is 5.82. The van der Waals surface area contributed by atoms with E-state index in [1.165, 1.54) is 23.4 Å². The van der Waals surface area contributed by atoms with Gasteiger partial charge < -0.3 is 10.8 Å². The first-order valence-corrected chi connectivity index (χ1v) is 6.72. The maximum Gasteiger partial charge on any atom is 0.122 e. The van der Waals surface area contributed by atoms with Crippen LogP contribution in [-0.2, 0) is 0 Å². The number of terminal acetylenes is 1. The van der Waals surface area contributed by atoms with Crippen molar-refractivity contribution in [2.45, 2.75) is 32.8 Å². The summed E-state index contributed by atoms with van der Waals surface area (Å²) in [6.07, 6.45) is 5.53. The van der Waals surface area contributed by atoms with Crippen molar-refractivity contribution in [1.82, 2.24) is 0 Å².